The largest absolute Gasteiger partial charge is 0.479 e. The molecule has 0 spiro atoms. The lowest BCUT2D eigenvalue weighted by atomic mass is 9.84. The lowest BCUT2D eigenvalue weighted by Gasteiger charge is -2.36. The summed E-state index contributed by atoms with van der Waals surface area (Å²) in [6, 6.07) is 36.9. The Morgan fingerprint density at radius 1 is 0.722 bits per heavy atom. The predicted octanol–water partition coefficient (Wildman–Crippen LogP) is 4.98. The molecular formula is C30H28N2O3S. The number of amides is 1. The van der Waals surface area contributed by atoms with Crippen LogP contribution in [0, 0.1) is 0 Å². The van der Waals surface area contributed by atoms with Crippen LogP contribution in [0.4, 0.5) is 0 Å². The number of nitrogens with one attached hydrogen (secondary N) is 1. The van der Waals surface area contributed by atoms with Crippen LogP contribution < -0.4 is 11.1 Å². The highest BCUT2D eigenvalue weighted by Crippen LogP contribution is 2.48. The van der Waals surface area contributed by atoms with Crippen LogP contribution in [0.5, 0.6) is 0 Å². The Morgan fingerprint density at radius 3 is 1.50 bits per heavy atom. The highest BCUT2D eigenvalue weighted by Gasteiger charge is 2.38. The number of rotatable bonds is 10. The normalized spacial score (nSPS) is 12.9. The first kappa shape index (κ1) is 25.2. The van der Waals surface area contributed by atoms with Gasteiger partial charge in [-0.1, -0.05) is 121 Å². The standard InChI is InChI=1S/C30H28N2O3S/c31-26(28(33)32-27(29(34)35)22-13-5-1-6-14-22)21-36-30(23-15-7-2-8-16-23,24-17-9-3-10-18-24)25-19-11-4-12-20-25/h1-20,26-27H,21,31H2,(H,32,33)(H,34,35)/t26-,27?/m0/s1. The summed E-state index contributed by atoms with van der Waals surface area (Å²) in [4.78, 5) is 24.9. The number of carbonyl (C=O) groups excluding carboxylic acids is 1. The molecule has 0 aliphatic carbocycles. The van der Waals surface area contributed by atoms with Gasteiger partial charge in [0.05, 0.1) is 10.8 Å². The molecule has 1 unspecified atom stereocenters. The second-order valence-electron chi connectivity index (χ2n) is 8.39. The maximum absolute atomic E-state index is 13.0. The van der Waals surface area contributed by atoms with Crippen LogP contribution in [0.15, 0.2) is 121 Å². The van der Waals surface area contributed by atoms with E-state index in [0.717, 1.165) is 16.7 Å². The highest BCUT2D eigenvalue weighted by atomic mass is 32.2. The van der Waals surface area contributed by atoms with Crippen LogP contribution in [0.1, 0.15) is 28.3 Å². The Kier molecular flexibility index (Phi) is 8.21. The first-order chi connectivity index (χ1) is 17.5. The fraction of sp³-hybridized carbons (Fsp3) is 0.133. The molecule has 0 aliphatic heterocycles. The highest BCUT2D eigenvalue weighted by molar-refractivity contribution is 8.00. The number of carboxylic acids is 1. The molecular weight excluding hydrogens is 468 g/mol. The van der Waals surface area contributed by atoms with Crippen LogP contribution in [-0.2, 0) is 14.3 Å². The van der Waals surface area contributed by atoms with E-state index in [2.05, 4.69) is 41.7 Å². The average Bonchev–Trinajstić information content (AvgIpc) is 2.94. The molecule has 0 saturated heterocycles. The van der Waals surface area contributed by atoms with Crippen molar-refractivity contribution in [3.05, 3.63) is 144 Å². The van der Waals surface area contributed by atoms with Gasteiger partial charge in [0.1, 0.15) is 0 Å². The Labute approximate surface area is 215 Å². The smallest absolute Gasteiger partial charge is 0.330 e. The quantitative estimate of drug-likeness (QED) is 0.269. The first-order valence-corrected chi connectivity index (χ1v) is 12.6. The van der Waals surface area contributed by atoms with Gasteiger partial charge in [-0.2, -0.15) is 0 Å². The van der Waals surface area contributed by atoms with Crippen molar-refractivity contribution in [3.8, 4) is 0 Å². The fourth-order valence-electron chi connectivity index (χ4n) is 4.24. The molecule has 2 atom stereocenters. The number of hydrogen-bond acceptors (Lipinski definition) is 4. The maximum atomic E-state index is 13.0. The van der Waals surface area contributed by atoms with E-state index in [9.17, 15) is 14.7 Å². The van der Waals surface area contributed by atoms with Crippen molar-refractivity contribution >= 4 is 23.6 Å². The molecule has 0 heterocycles. The summed E-state index contributed by atoms with van der Waals surface area (Å²) in [6.07, 6.45) is 0. The minimum Gasteiger partial charge on any atom is -0.479 e. The molecule has 0 fully saturated rings. The average molecular weight is 497 g/mol. The summed E-state index contributed by atoms with van der Waals surface area (Å²) in [6.45, 7) is 0. The zero-order valence-corrected chi connectivity index (χ0v) is 20.5. The van der Waals surface area contributed by atoms with Gasteiger partial charge < -0.3 is 16.2 Å². The van der Waals surface area contributed by atoms with Crippen molar-refractivity contribution in [2.75, 3.05) is 5.75 Å². The van der Waals surface area contributed by atoms with Crippen molar-refractivity contribution in [1.82, 2.24) is 5.32 Å². The molecule has 182 valence electrons. The van der Waals surface area contributed by atoms with Crippen LogP contribution in [0.25, 0.3) is 0 Å². The van der Waals surface area contributed by atoms with Crippen LogP contribution in [-0.4, -0.2) is 28.8 Å². The molecule has 0 aliphatic rings. The number of carbonyl (C=O) groups is 2. The number of benzene rings is 4. The molecule has 0 aromatic heterocycles. The second-order valence-corrected chi connectivity index (χ2v) is 9.62. The first-order valence-electron chi connectivity index (χ1n) is 11.7. The van der Waals surface area contributed by atoms with Gasteiger partial charge in [-0.3, -0.25) is 4.79 Å². The molecule has 4 N–H and O–H groups in total. The molecule has 5 nitrogen and oxygen atoms in total. The van der Waals surface area contributed by atoms with Crippen LogP contribution in [0.3, 0.4) is 0 Å². The fourth-order valence-corrected chi connectivity index (χ4v) is 5.73. The molecule has 1 amide bonds. The number of hydrogen-bond donors (Lipinski definition) is 3. The van der Waals surface area contributed by atoms with Gasteiger partial charge in [0.15, 0.2) is 6.04 Å². The Balaban J connectivity index is 1.65. The molecule has 0 saturated carbocycles. The second kappa shape index (κ2) is 11.7. The number of aliphatic carboxylic acids is 1. The van der Waals surface area contributed by atoms with E-state index in [1.165, 1.54) is 0 Å². The van der Waals surface area contributed by atoms with Gasteiger partial charge in [0.25, 0.3) is 0 Å². The number of carboxylic acid groups (broad SMARTS) is 1. The summed E-state index contributed by atoms with van der Waals surface area (Å²) >= 11 is 1.56. The van der Waals surface area contributed by atoms with Gasteiger partial charge >= 0.3 is 5.97 Å². The summed E-state index contributed by atoms with van der Waals surface area (Å²) in [5.74, 6) is -1.38. The van der Waals surface area contributed by atoms with Crippen molar-refractivity contribution in [2.45, 2.75) is 16.8 Å². The van der Waals surface area contributed by atoms with Crippen molar-refractivity contribution in [3.63, 3.8) is 0 Å². The summed E-state index contributed by atoms with van der Waals surface area (Å²) < 4.78 is -0.618. The number of thioether (sulfide) groups is 1. The third-order valence-electron chi connectivity index (χ3n) is 6.02. The molecule has 6 heteroatoms. The predicted molar refractivity (Wildman–Crippen MR) is 145 cm³/mol. The molecule has 4 rings (SSSR count). The van der Waals surface area contributed by atoms with Crippen molar-refractivity contribution < 1.29 is 14.7 Å². The van der Waals surface area contributed by atoms with Gasteiger partial charge in [-0.25, -0.2) is 4.79 Å². The van der Waals surface area contributed by atoms with E-state index < -0.39 is 28.7 Å². The van der Waals surface area contributed by atoms with Crippen molar-refractivity contribution in [1.29, 1.82) is 0 Å². The third-order valence-corrected chi connectivity index (χ3v) is 7.69. The van der Waals surface area contributed by atoms with E-state index in [-0.39, 0.29) is 5.75 Å². The SMILES string of the molecule is N[C@@H](CSC(c1ccccc1)(c1ccccc1)c1ccccc1)C(=O)NC(C(=O)O)c1ccccc1. The minimum absolute atomic E-state index is 0.269. The zero-order valence-electron chi connectivity index (χ0n) is 19.7. The summed E-state index contributed by atoms with van der Waals surface area (Å²) in [5.41, 5.74) is 10.0. The zero-order chi connectivity index (χ0) is 25.4. The topological polar surface area (TPSA) is 92.4 Å². The van der Waals surface area contributed by atoms with E-state index in [1.807, 2.05) is 54.6 Å². The van der Waals surface area contributed by atoms with E-state index in [0.29, 0.717) is 5.56 Å². The lowest BCUT2D eigenvalue weighted by Crippen LogP contribution is -2.46. The maximum Gasteiger partial charge on any atom is 0.330 e. The summed E-state index contributed by atoms with van der Waals surface area (Å²) in [7, 11) is 0. The summed E-state index contributed by atoms with van der Waals surface area (Å²) in [5, 5.41) is 12.3. The Bertz CT molecular complexity index is 1170. The minimum atomic E-state index is -1.17. The number of nitrogens with two attached hydrogens (primary N) is 1. The molecule has 4 aromatic carbocycles. The molecule has 36 heavy (non-hydrogen) atoms. The Hall–Kier alpha value is -3.87. The van der Waals surface area contributed by atoms with Gasteiger partial charge in [-0.15, -0.1) is 11.8 Å². The lowest BCUT2D eigenvalue weighted by molar-refractivity contribution is -0.142. The van der Waals surface area contributed by atoms with Gasteiger partial charge in [0.2, 0.25) is 5.91 Å². The Morgan fingerprint density at radius 2 is 1.11 bits per heavy atom. The molecule has 4 aromatic rings. The van der Waals surface area contributed by atoms with Crippen LogP contribution >= 0.6 is 11.8 Å². The van der Waals surface area contributed by atoms with Gasteiger partial charge in [-0.05, 0) is 22.3 Å². The third kappa shape index (κ3) is 5.51. The molecule has 0 radical (unpaired) electrons. The van der Waals surface area contributed by atoms with E-state index >= 15 is 0 Å². The van der Waals surface area contributed by atoms with Gasteiger partial charge in [0, 0.05) is 5.75 Å². The van der Waals surface area contributed by atoms with Crippen LogP contribution in [0.2, 0.25) is 0 Å². The van der Waals surface area contributed by atoms with Crippen molar-refractivity contribution in [2.24, 2.45) is 5.73 Å². The van der Waals surface area contributed by atoms with E-state index in [4.69, 9.17) is 5.73 Å². The molecule has 0 bridgehead atoms. The monoisotopic (exact) mass is 496 g/mol. The van der Waals surface area contributed by atoms with E-state index in [1.54, 1.807) is 42.1 Å².